The Balaban J connectivity index is 3.43. The minimum Gasteiger partial charge on any atom is -0.393 e. The summed E-state index contributed by atoms with van der Waals surface area (Å²) in [5.41, 5.74) is 0.934. The molecule has 0 spiro atoms. The molecule has 1 radical (unpaired) electrons. The molecular formula is C7H14NO. The second-order valence-electron chi connectivity index (χ2n) is 2.23. The zero-order valence-electron chi connectivity index (χ0n) is 6.35. The first kappa shape index (κ1) is 8.47. The SMILES string of the molecule is [CH2]C/C(C)=N/OC(C)C. The van der Waals surface area contributed by atoms with Gasteiger partial charge in [0.25, 0.3) is 0 Å². The summed E-state index contributed by atoms with van der Waals surface area (Å²) in [7, 11) is 0. The van der Waals surface area contributed by atoms with Gasteiger partial charge in [-0.15, -0.1) is 0 Å². The molecular weight excluding hydrogens is 114 g/mol. The first-order chi connectivity index (χ1) is 4.16. The molecule has 0 aliphatic heterocycles. The maximum atomic E-state index is 4.94. The summed E-state index contributed by atoms with van der Waals surface area (Å²) in [5, 5.41) is 3.80. The minimum atomic E-state index is 0.173. The summed E-state index contributed by atoms with van der Waals surface area (Å²) in [6.07, 6.45) is 0.888. The average molecular weight is 128 g/mol. The average Bonchev–Trinajstić information content (AvgIpc) is 1.83. The van der Waals surface area contributed by atoms with Crippen LogP contribution in [0, 0.1) is 6.92 Å². The molecule has 0 saturated carbocycles. The van der Waals surface area contributed by atoms with E-state index in [1.54, 1.807) is 0 Å². The van der Waals surface area contributed by atoms with E-state index in [4.69, 9.17) is 4.84 Å². The van der Waals surface area contributed by atoms with Crippen LogP contribution in [0.25, 0.3) is 0 Å². The third kappa shape index (κ3) is 5.34. The van der Waals surface area contributed by atoms with E-state index in [2.05, 4.69) is 12.1 Å². The van der Waals surface area contributed by atoms with E-state index in [1.165, 1.54) is 0 Å². The summed E-state index contributed by atoms with van der Waals surface area (Å²) in [5.74, 6) is 0. The number of oxime groups is 1. The lowest BCUT2D eigenvalue weighted by Gasteiger charge is -2.01. The van der Waals surface area contributed by atoms with Crippen LogP contribution in [-0.4, -0.2) is 11.8 Å². The van der Waals surface area contributed by atoms with Crippen molar-refractivity contribution in [2.45, 2.75) is 33.3 Å². The third-order valence-electron chi connectivity index (χ3n) is 0.781. The maximum Gasteiger partial charge on any atom is 0.122 e. The van der Waals surface area contributed by atoms with Gasteiger partial charge in [-0.2, -0.15) is 0 Å². The summed E-state index contributed by atoms with van der Waals surface area (Å²) >= 11 is 0. The van der Waals surface area contributed by atoms with Crippen molar-refractivity contribution in [1.82, 2.24) is 0 Å². The molecule has 0 atom stereocenters. The molecule has 0 aromatic heterocycles. The predicted molar refractivity (Wildman–Crippen MR) is 39.3 cm³/mol. The molecule has 0 rings (SSSR count). The number of hydrogen-bond acceptors (Lipinski definition) is 2. The topological polar surface area (TPSA) is 21.6 Å². The Kier molecular flexibility index (Phi) is 4.10. The lowest BCUT2D eigenvalue weighted by Crippen LogP contribution is -1.98. The zero-order chi connectivity index (χ0) is 7.28. The molecule has 0 aliphatic rings. The Morgan fingerprint density at radius 3 is 2.56 bits per heavy atom. The molecule has 0 saturated heterocycles. The van der Waals surface area contributed by atoms with Crippen molar-refractivity contribution in [3.8, 4) is 0 Å². The van der Waals surface area contributed by atoms with E-state index in [1.807, 2.05) is 20.8 Å². The van der Waals surface area contributed by atoms with E-state index in [9.17, 15) is 0 Å². The van der Waals surface area contributed by atoms with E-state index >= 15 is 0 Å². The highest BCUT2D eigenvalue weighted by Gasteiger charge is 1.89. The van der Waals surface area contributed by atoms with Crippen molar-refractivity contribution in [2.24, 2.45) is 5.16 Å². The van der Waals surface area contributed by atoms with Gasteiger partial charge in [-0.25, -0.2) is 0 Å². The van der Waals surface area contributed by atoms with Gasteiger partial charge < -0.3 is 4.84 Å². The lowest BCUT2D eigenvalue weighted by atomic mass is 10.3. The molecule has 0 aliphatic carbocycles. The molecule has 2 nitrogen and oxygen atoms in total. The molecule has 0 unspecified atom stereocenters. The Morgan fingerprint density at radius 2 is 2.22 bits per heavy atom. The van der Waals surface area contributed by atoms with Crippen LogP contribution in [0.3, 0.4) is 0 Å². The Morgan fingerprint density at radius 1 is 1.67 bits per heavy atom. The second-order valence-corrected chi connectivity index (χ2v) is 2.23. The van der Waals surface area contributed by atoms with Crippen LogP contribution in [0.1, 0.15) is 27.2 Å². The predicted octanol–water partition coefficient (Wildman–Crippen LogP) is 2.01. The fraction of sp³-hybridized carbons (Fsp3) is 0.714. The van der Waals surface area contributed by atoms with Gasteiger partial charge in [0.05, 0.1) is 5.71 Å². The van der Waals surface area contributed by atoms with Gasteiger partial charge in [-0.3, -0.25) is 0 Å². The zero-order valence-corrected chi connectivity index (χ0v) is 6.35. The van der Waals surface area contributed by atoms with Crippen LogP contribution in [-0.2, 0) is 4.84 Å². The number of rotatable bonds is 3. The summed E-state index contributed by atoms with van der Waals surface area (Å²) in [6.45, 7) is 9.44. The van der Waals surface area contributed by atoms with Crippen LogP contribution in [0.4, 0.5) is 0 Å². The van der Waals surface area contributed by atoms with Crippen LogP contribution in [0.15, 0.2) is 5.16 Å². The van der Waals surface area contributed by atoms with Crippen LogP contribution in [0.2, 0.25) is 0 Å². The van der Waals surface area contributed by atoms with Crippen molar-refractivity contribution in [3.63, 3.8) is 0 Å². The highest BCUT2D eigenvalue weighted by atomic mass is 16.6. The molecule has 0 fully saturated rings. The van der Waals surface area contributed by atoms with Gasteiger partial charge >= 0.3 is 0 Å². The molecule has 0 amide bonds. The van der Waals surface area contributed by atoms with Crippen molar-refractivity contribution in [2.75, 3.05) is 0 Å². The largest absolute Gasteiger partial charge is 0.393 e. The molecule has 2 heteroatoms. The van der Waals surface area contributed by atoms with Crippen LogP contribution in [0.5, 0.6) is 0 Å². The monoisotopic (exact) mass is 128 g/mol. The van der Waals surface area contributed by atoms with E-state index in [0.717, 1.165) is 5.71 Å². The van der Waals surface area contributed by atoms with Gasteiger partial charge in [-0.1, -0.05) is 5.16 Å². The van der Waals surface area contributed by atoms with Gasteiger partial charge in [0.15, 0.2) is 0 Å². The van der Waals surface area contributed by atoms with Crippen LogP contribution >= 0.6 is 0 Å². The smallest absolute Gasteiger partial charge is 0.122 e. The second kappa shape index (κ2) is 4.36. The van der Waals surface area contributed by atoms with Gasteiger partial charge in [0.1, 0.15) is 6.10 Å². The van der Waals surface area contributed by atoms with Gasteiger partial charge in [0.2, 0.25) is 0 Å². The lowest BCUT2D eigenvalue weighted by molar-refractivity contribution is 0.0855. The van der Waals surface area contributed by atoms with Gasteiger partial charge in [-0.05, 0) is 34.1 Å². The fourth-order valence-corrected chi connectivity index (χ4v) is 0.241. The molecule has 53 valence electrons. The molecule has 0 aromatic rings. The normalized spacial score (nSPS) is 12.3. The summed E-state index contributed by atoms with van der Waals surface area (Å²) < 4.78 is 0. The number of hydrogen-bond donors (Lipinski definition) is 0. The van der Waals surface area contributed by atoms with Crippen molar-refractivity contribution in [1.29, 1.82) is 0 Å². The summed E-state index contributed by atoms with van der Waals surface area (Å²) in [4.78, 5) is 4.94. The molecule has 0 N–H and O–H groups in total. The molecule has 0 aromatic carbocycles. The Bertz CT molecular complexity index is 97.1. The summed E-state index contributed by atoms with van der Waals surface area (Å²) in [6, 6.07) is 0. The standard InChI is InChI=1S/C7H14NO/c1-5-7(4)8-9-6(2)3/h6H,1,5H2,2-4H3/b8-7+. The van der Waals surface area contributed by atoms with Crippen molar-refractivity contribution in [3.05, 3.63) is 6.92 Å². The first-order valence-electron chi connectivity index (χ1n) is 3.15. The van der Waals surface area contributed by atoms with Gasteiger partial charge in [0, 0.05) is 0 Å². The highest BCUT2D eigenvalue weighted by molar-refractivity contribution is 5.81. The van der Waals surface area contributed by atoms with Crippen LogP contribution < -0.4 is 0 Å². The van der Waals surface area contributed by atoms with Crippen molar-refractivity contribution < 1.29 is 4.84 Å². The molecule has 0 bridgehead atoms. The van der Waals surface area contributed by atoms with Crippen molar-refractivity contribution >= 4 is 5.71 Å². The quantitative estimate of drug-likeness (QED) is 0.421. The van der Waals surface area contributed by atoms with E-state index in [0.29, 0.717) is 6.42 Å². The first-order valence-corrected chi connectivity index (χ1v) is 3.15. The van der Waals surface area contributed by atoms with E-state index in [-0.39, 0.29) is 6.10 Å². The highest BCUT2D eigenvalue weighted by Crippen LogP contribution is 1.90. The van der Waals surface area contributed by atoms with E-state index < -0.39 is 0 Å². The Hall–Kier alpha value is -0.530. The maximum absolute atomic E-state index is 4.94. The molecule has 0 heterocycles. The minimum absolute atomic E-state index is 0.173. The Labute approximate surface area is 56.9 Å². The fourth-order valence-electron chi connectivity index (χ4n) is 0.241. The number of nitrogens with zero attached hydrogens (tertiary/aromatic N) is 1. The molecule has 9 heavy (non-hydrogen) atoms. The third-order valence-corrected chi connectivity index (χ3v) is 0.781.